The predicted octanol–water partition coefficient (Wildman–Crippen LogP) is 2.38. The Morgan fingerprint density at radius 3 is 1.38 bits per heavy atom. The number of esters is 5. The topological polar surface area (TPSA) is 198 Å². The standard InChI is InChI=1S/C28H45NO13/c1-18(30)38-17-24(40-20(3)32)28(42-22(5)34)27(41-21(4)33)23(39-19(2)31)16-29-25(35)14-12-10-8-6-7-9-11-13-15-26(36)37/h23-24,27-28H,6-17H2,1-5H3,(H,29,35)(H,36,37)/t23?,24-,27-,28-/m1/s1. The van der Waals surface area contributed by atoms with Crippen LogP contribution in [0.1, 0.15) is 98.8 Å². The lowest BCUT2D eigenvalue weighted by molar-refractivity contribution is -0.202. The van der Waals surface area contributed by atoms with Crippen LogP contribution >= 0.6 is 0 Å². The van der Waals surface area contributed by atoms with Crippen LogP contribution in [-0.4, -0.2) is 84.4 Å². The number of hydrogen-bond donors (Lipinski definition) is 2. The fraction of sp³-hybridized carbons (Fsp3) is 0.750. The third kappa shape index (κ3) is 20.2. The monoisotopic (exact) mass is 603 g/mol. The van der Waals surface area contributed by atoms with Crippen LogP contribution in [0.15, 0.2) is 0 Å². The molecule has 240 valence electrons. The largest absolute Gasteiger partial charge is 0.481 e. The van der Waals surface area contributed by atoms with Crippen molar-refractivity contribution in [2.75, 3.05) is 13.2 Å². The molecule has 0 aromatic rings. The Hall–Kier alpha value is -3.71. The van der Waals surface area contributed by atoms with Crippen molar-refractivity contribution in [3.05, 3.63) is 0 Å². The number of ether oxygens (including phenoxy) is 5. The van der Waals surface area contributed by atoms with E-state index >= 15 is 0 Å². The molecule has 0 aromatic carbocycles. The number of amides is 1. The number of carboxylic acid groups (broad SMARTS) is 1. The quantitative estimate of drug-likeness (QED) is 0.104. The molecule has 0 aromatic heterocycles. The van der Waals surface area contributed by atoms with Crippen molar-refractivity contribution in [1.29, 1.82) is 0 Å². The van der Waals surface area contributed by atoms with Gasteiger partial charge < -0.3 is 34.1 Å². The van der Waals surface area contributed by atoms with Crippen molar-refractivity contribution in [1.82, 2.24) is 5.32 Å². The van der Waals surface area contributed by atoms with Gasteiger partial charge in [0.15, 0.2) is 24.4 Å². The predicted molar refractivity (Wildman–Crippen MR) is 146 cm³/mol. The molecular weight excluding hydrogens is 558 g/mol. The molecule has 0 aliphatic carbocycles. The number of rotatable bonds is 22. The molecule has 1 unspecified atom stereocenters. The van der Waals surface area contributed by atoms with E-state index in [1.54, 1.807) is 0 Å². The number of carbonyl (C=O) groups excluding carboxylic acids is 6. The Balaban J connectivity index is 5.34. The molecule has 0 spiro atoms. The van der Waals surface area contributed by atoms with E-state index in [2.05, 4.69) is 5.32 Å². The van der Waals surface area contributed by atoms with Crippen molar-refractivity contribution in [3.63, 3.8) is 0 Å². The van der Waals surface area contributed by atoms with Gasteiger partial charge in [-0.1, -0.05) is 38.5 Å². The summed E-state index contributed by atoms with van der Waals surface area (Å²) in [7, 11) is 0. The van der Waals surface area contributed by atoms with E-state index in [-0.39, 0.29) is 25.3 Å². The summed E-state index contributed by atoms with van der Waals surface area (Å²) in [5, 5.41) is 11.3. The third-order valence-corrected chi connectivity index (χ3v) is 5.79. The van der Waals surface area contributed by atoms with Crippen molar-refractivity contribution in [2.45, 2.75) is 123 Å². The molecule has 0 bridgehead atoms. The van der Waals surface area contributed by atoms with Gasteiger partial charge in [-0.3, -0.25) is 33.6 Å². The molecule has 0 radical (unpaired) electrons. The van der Waals surface area contributed by atoms with E-state index < -0.39 is 66.8 Å². The summed E-state index contributed by atoms with van der Waals surface area (Å²) in [6, 6.07) is 0. The first-order valence-corrected chi connectivity index (χ1v) is 14.0. The van der Waals surface area contributed by atoms with Crippen molar-refractivity contribution in [3.8, 4) is 0 Å². The van der Waals surface area contributed by atoms with E-state index in [9.17, 15) is 33.6 Å². The van der Waals surface area contributed by atoms with Crippen LogP contribution in [0.4, 0.5) is 0 Å². The van der Waals surface area contributed by atoms with E-state index in [0.717, 1.165) is 73.1 Å². The van der Waals surface area contributed by atoms with E-state index in [1.807, 2.05) is 0 Å². The maximum absolute atomic E-state index is 12.5. The summed E-state index contributed by atoms with van der Waals surface area (Å²) in [6.45, 7) is 4.49. The third-order valence-electron chi connectivity index (χ3n) is 5.79. The fourth-order valence-corrected chi connectivity index (χ4v) is 4.06. The zero-order valence-electron chi connectivity index (χ0n) is 25.1. The molecule has 0 saturated heterocycles. The number of hydrogen-bond acceptors (Lipinski definition) is 12. The summed E-state index contributed by atoms with van der Waals surface area (Å²) < 4.78 is 26.1. The second-order valence-corrected chi connectivity index (χ2v) is 9.77. The molecule has 0 heterocycles. The number of aliphatic carboxylic acids is 1. The first-order valence-electron chi connectivity index (χ1n) is 14.0. The molecular formula is C28H45NO13. The minimum atomic E-state index is -1.57. The fourth-order valence-electron chi connectivity index (χ4n) is 4.06. The van der Waals surface area contributed by atoms with Crippen LogP contribution in [0.5, 0.6) is 0 Å². The van der Waals surface area contributed by atoms with E-state index in [4.69, 9.17) is 28.8 Å². The number of unbranched alkanes of at least 4 members (excludes halogenated alkanes) is 7. The van der Waals surface area contributed by atoms with E-state index in [0.29, 0.717) is 12.8 Å². The van der Waals surface area contributed by atoms with Gasteiger partial charge in [0.25, 0.3) is 0 Å². The first-order chi connectivity index (χ1) is 19.7. The Morgan fingerprint density at radius 2 is 0.952 bits per heavy atom. The smallest absolute Gasteiger partial charge is 0.303 e. The maximum atomic E-state index is 12.5. The van der Waals surface area contributed by atoms with Crippen LogP contribution in [-0.2, 0) is 57.2 Å². The lowest BCUT2D eigenvalue weighted by Crippen LogP contribution is -2.55. The molecule has 0 saturated carbocycles. The van der Waals surface area contributed by atoms with Gasteiger partial charge in [0.05, 0.1) is 6.54 Å². The Kier molecular flexibility index (Phi) is 20.0. The van der Waals surface area contributed by atoms with Crippen LogP contribution in [0, 0.1) is 0 Å². The Bertz CT molecular complexity index is 904. The van der Waals surface area contributed by atoms with Crippen LogP contribution in [0.2, 0.25) is 0 Å². The molecule has 2 N–H and O–H groups in total. The second kappa shape index (κ2) is 22.0. The molecule has 0 aliphatic heterocycles. The molecule has 42 heavy (non-hydrogen) atoms. The zero-order valence-corrected chi connectivity index (χ0v) is 25.1. The number of carboxylic acids is 1. The molecule has 0 aliphatic rings. The van der Waals surface area contributed by atoms with Gasteiger partial charge in [-0.15, -0.1) is 0 Å². The minimum absolute atomic E-state index is 0.180. The highest BCUT2D eigenvalue weighted by atomic mass is 16.6. The molecule has 0 fully saturated rings. The van der Waals surface area contributed by atoms with Crippen molar-refractivity contribution >= 4 is 41.7 Å². The van der Waals surface area contributed by atoms with Crippen molar-refractivity contribution in [2.24, 2.45) is 0 Å². The SMILES string of the molecule is CC(=O)OC[C@@H](OC(C)=O)[C@@H](OC(C)=O)[C@H](OC(C)=O)C(CNC(=O)CCCCCCCCCCC(=O)O)OC(C)=O. The first kappa shape index (κ1) is 38.3. The lowest BCUT2D eigenvalue weighted by atomic mass is 10.0. The summed E-state index contributed by atoms with van der Waals surface area (Å²) >= 11 is 0. The van der Waals surface area contributed by atoms with Gasteiger partial charge in [0.1, 0.15) is 6.61 Å². The highest BCUT2D eigenvalue weighted by Crippen LogP contribution is 2.20. The van der Waals surface area contributed by atoms with E-state index in [1.165, 1.54) is 0 Å². The summed E-state index contributed by atoms with van der Waals surface area (Å²) in [6.07, 6.45) is 1.22. The molecule has 4 atom stereocenters. The van der Waals surface area contributed by atoms with Gasteiger partial charge in [-0.05, 0) is 12.8 Å². The normalized spacial score (nSPS) is 13.5. The number of carbonyl (C=O) groups is 7. The van der Waals surface area contributed by atoms with Crippen LogP contribution in [0.3, 0.4) is 0 Å². The van der Waals surface area contributed by atoms with Gasteiger partial charge in [-0.25, -0.2) is 0 Å². The highest BCUT2D eigenvalue weighted by Gasteiger charge is 2.44. The highest BCUT2D eigenvalue weighted by molar-refractivity contribution is 5.76. The van der Waals surface area contributed by atoms with Gasteiger partial charge in [0.2, 0.25) is 5.91 Å². The van der Waals surface area contributed by atoms with Gasteiger partial charge >= 0.3 is 35.8 Å². The molecule has 1 amide bonds. The number of nitrogens with one attached hydrogen (secondary N) is 1. The summed E-state index contributed by atoms with van der Waals surface area (Å²) in [5.41, 5.74) is 0. The van der Waals surface area contributed by atoms with Crippen LogP contribution in [0.25, 0.3) is 0 Å². The zero-order chi connectivity index (χ0) is 32.1. The second-order valence-electron chi connectivity index (χ2n) is 9.77. The van der Waals surface area contributed by atoms with Gasteiger partial charge in [0, 0.05) is 47.5 Å². The van der Waals surface area contributed by atoms with Gasteiger partial charge in [-0.2, -0.15) is 0 Å². The molecule has 14 heteroatoms. The van der Waals surface area contributed by atoms with Crippen molar-refractivity contribution < 1.29 is 62.4 Å². The summed E-state index contributed by atoms with van der Waals surface area (Å²) in [5.74, 6) is -5.19. The maximum Gasteiger partial charge on any atom is 0.303 e. The summed E-state index contributed by atoms with van der Waals surface area (Å²) in [4.78, 5) is 82.1. The molecule has 0 rings (SSSR count). The average molecular weight is 604 g/mol. The lowest BCUT2D eigenvalue weighted by Gasteiger charge is -2.35. The average Bonchev–Trinajstić information content (AvgIpc) is 2.86. The minimum Gasteiger partial charge on any atom is -0.481 e. The molecule has 14 nitrogen and oxygen atoms in total. The Morgan fingerprint density at radius 1 is 0.548 bits per heavy atom. The van der Waals surface area contributed by atoms with Crippen LogP contribution < -0.4 is 5.32 Å². The Labute approximate surface area is 246 Å².